The predicted molar refractivity (Wildman–Crippen MR) is 236 cm³/mol. The second-order valence-electron chi connectivity index (χ2n) is 19.9. The molecule has 4 fully saturated rings. The number of alkyl carbamates (subject to hydrolysis) is 2. The Labute approximate surface area is 405 Å². The summed E-state index contributed by atoms with van der Waals surface area (Å²) >= 11 is 13.6. The summed E-state index contributed by atoms with van der Waals surface area (Å²) in [6.07, 6.45) is -10.1. The number of aromatic amines is 2. The maximum Gasteiger partial charge on any atom is 0.407 e. The SMILES string of the molecule is COC(=O)N[C@H](C(=O)N1[C@H](c2nc(-c3cc4c5c(c3)OCc3cc(-c6nc([C@@H]7C[C@@H]8C[C@@H]8N7C(=O)[C@@H](NC(=O)OC)C(C)(C)C(F)(F)F)[nH]c6Cl)cc(c3-5)OC4)c(Cl)[nH]2)C[C@@H]2C[C@@H]21)C(C)(C)C(F)(F)F. The number of imidazole rings is 2. The van der Waals surface area contributed by atoms with Gasteiger partial charge in [0.05, 0.1) is 37.1 Å². The summed E-state index contributed by atoms with van der Waals surface area (Å²) in [7, 11) is 2.00. The lowest BCUT2D eigenvalue weighted by molar-refractivity contribution is -0.222. The number of carbonyl (C=O) groups is 4. The fourth-order valence-corrected chi connectivity index (χ4v) is 11.0. The summed E-state index contributed by atoms with van der Waals surface area (Å²) in [5, 5.41) is 4.50. The van der Waals surface area contributed by atoms with Gasteiger partial charge in [0.2, 0.25) is 11.8 Å². The van der Waals surface area contributed by atoms with Crippen LogP contribution in [-0.2, 0) is 32.3 Å². The fourth-order valence-electron chi connectivity index (χ4n) is 10.5. The van der Waals surface area contributed by atoms with Crippen molar-refractivity contribution in [3.8, 4) is 45.1 Å². The van der Waals surface area contributed by atoms with Crippen LogP contribution in [0.2, 0.25) is 10.3 Å². The van der Waals surface area contributed by atoms with Crippen molar-refractivity contribution in [2.24, 2.45) is 22.7 Å². The molecule has 24 heteroatoms. The molecule has 0 bridgehead atoms. The first-order valence-corrected chi connectivity index (χ1v) is 23.2. The smallest absolute Gasteiger partial charge is 0.407 e. The van der Waals surface area contributed by atoms with Gasteiger partial charge >= 0.3 is 24.5 Å². The van der Waals surface area contributed by atoms with Gasteiger partial charge in [-0.3, -0.25) is 9.59 Å². The Balaban J connectivity index is 0.919. The number of hydrogen-bond donors (Lipinski definition) is 4. The molecule has 10 rings (SSSR count). The molecule has 4 amide bonds. The van der Waals surface area contributed by atoms with E-state index in [2.05, 4.69) is 30.1 Å². The number of fused-ring (bicyclic) bond motifs is 2. The van der Waals surface area contributed by atoms with Crippen LogP contribution in [0.25, 0.3) is 33.6 Å². The molecular formula is C46H46Cl2F6N8O8. The van der Waals surface area contributed by atoms with Crippen LogP contribution in [-0.4, -0.2) is 104 Å². The summed E-state index contributed by atoms with van der Waals surface area (Å²) in [5.41, 5.74) is -0.626. The summed E-state index contributed by atoms with van der Waals surface area (Å²) < 4.78 is 108. The number of benzene rings is 2. The van der Waals surface area contributed by atoms with E-state index in [9.17, 15) is 45.5 Å². The van der Waals surface area contributed by atoms with Crippen molar-refractivity contribution in [1.29, 1.82) is 0 Å². The fraction of sp³-hybridized carbons (Fsp3) is 0.522. The molecule has 2 aromatic heterocycles. The number of alkyl halides is 6. The minimum Gasteiger partial charge on any atom is -0.488 e. The lowest BCUT2D eigenvalue weighted by Gasteiger charge is -2.39. The molecule has 6 aliphatic rings. The first-order chi connectivity index (χ1) is 32.8. The Kier molecular flexibility index (Phi) is 11.1. The van der Waals surface area contributed by atoms with Gasteiger partial charge in [0.15, 0.2) is 0 Å². The molecule has 374 valence electrons. The molecule has 2 saturated carbocycles. The molecule has 0 unspecified atom stereocenters. The van der Waals surface area contributed by atoms with Crippen molar-refractivity contribution in [3.63, 3.8) is 0 Å². The van der Waals surface area contributed by atoms with Crippen LogP contribution in [0.5, 0.6) is 11.5 Å². The maximum atomic E-state index is 14.3. The summed E-state index contributed by atoms with van der Waals surface area (Å²) in [4.78, 5) is 71.2. The largest absolute Gasteiger partial charge is 0.488 e. The molecule has 2 aromatic carbocycles. The van der Waals surface area contributed by atoms with Gasteiger partial charge in [-0.2, -0.15) is 26.3 Å². The van der Waals surface area contributed by atoms with Crippen LogP contribution in [0.3, 0.4) is 0 Å². The molecule has 4 N–H and O–H groups in total. The van der Waals surface area contributed by atoms with Gasteiger partial charge in [0.25, 0.3) is 0 Å². The van der Waals surface area contributed by atoms with E-state index in [0.717, 1.165) is 64.2 Å². The number of rotatable bonds is 10. The van der Waals surface area contributed by atoms with E-state index in [4.69, 9.17) is 42.6 Å². The molecule has 4 aliphatic heterocycles. The van der Waals surface area contributed by atoms with Crippen molar-refractivity contribution in [2.45, 2.75) is 115 Å². The van der Waals surface area contributed by atoms with Gasteiger partial charge in [-0.1, -0.05) is 23.2 Å². The zero-order valence-electron chi connectivity index (χ0n) is 38.2. The van der Waals surface area contributed by atoms with Crippen LogP contribution < -0.4 is 20.1 Å². The zero-order chi connectivity index (χ0) is 50.3. The topological polar surface area (TPSA) is 193 Å². The Bertz CT molecular complexity index is 2630. The number of ether oxygens (including phenoxy) is 4. The van der Waals surface area contributed by atoms with Gasteiger partial charge in [-0.15, -0.1) is 0 Å². The number of aromatic nitrogens is 4. The van der Waals surface area contributed by atoms with E-state index in [1.54, 1.807) is 12.1 Å². The third-order valence-corrected chi connectivity index (χ3v) is 15.5. The van der Waals surface area contributed by atoms with Crippen molar-refractivity contribution < 1.29 is 64.5 Å². The quantitative estimate of drug-likeness (QED) is 0.111. The van der Waals surface area contributed by atoms with E-state index in [1.165, 1.54) is 9.80 Å². The average molecular weight is 1020 g/mol. The summed E-state index contributed by atoms with van der Waals surface area (Å²) in [6, 6.07) is 0.983. The maximum absolute atomic E-state index is 14.3. The van der Waals surface area contributed by atoms with Crippen LogP contribution in [0.1, 0.15) is 88.2 Å². The average Bonchev–Trinajstić information content (AvgIpc) is 4.01. The molecule has 0 spiro atoms. The van der Waals surface area contributed by atoms with Crippen molar-refractivity contribution >= 4 is 47.2 Å². The number of H-pyrrole nitrogens is 2. The Morgan fingerprint density at radius 3 is 1.37 bits per heavy atom. The molecule has 4 aromatic rings. The number of nitrogens with zero attached hydrogens (tertiary/aromatic N) is 4. The number of carbonyl (C=O) groups excluding carboxylic acids is 4. The number of amides is 4. The van der Waals surface area contributed by atoms with Crippen molar-refractivity contribution in [2.75, 3.05) is 14.2 Å². The minimum absolute atomic E-state index is 0.0196. The Morgan fingerprint density at radius 2 is 1.03 bits per heavy atom. The highest BCUT2D eigenvalue weighted by Gasteiger charge is 2.63. The molecule has 16 nitrogen and oxygen atoms in total. The predicted octanol–water partition coefficient (Wildman–Crippen LogP) is 9.18. The van der Waals surface area contributed by atoms with E-state index in [0.29, 0.717) is 59.7 Å². The van der Waals surface area contributed by atoms with Crippen LogP contribution in [0.15, 0.2) is 24.3 Å². The number of halogens is 8. The minimum atomic E-state index is -4.86. The Morgan fingerprint density at radius 1 is 0.657 bits per heavy atom. The lowest BCUT2D eigenvalue weighted by atomic mass is 9.82. The highest BCUT2D eigenvalue weighted by molar-refractivity contribution is 6.32. The zero-order valence-corrected chi connectivity index (χ0v) is 39.8. The van der Waals surface area contributed by atoms with E-state index >= 15 is 0 Å². The van der Waals surface area contributed by atoms with Crippen molar-refractivity contribution in [3.05, 3.63) is 57.3 Å². The van der Waals surface area contributed by atoms with Crippen LogP contribution >= 0.6 is 23.2 Å². The molecule has 6 heterocycles. The molecule has 0 radical (unpaired) electrons. The monoisotopic (exact) mass is 1020 g/mol. The second-order valence-corrected chi connectivity index (χ2v) is 20.6. The van der Waals surface area contributed by atoms with Gasteiger partial charge in [-0.25, -0.2) is 19.6 Å². The number of piperidine rings is 2. The van der Waals surface area contributed by atoms with E-state index in [-0.39, 0.29) is 59.1 Å². The van der Waals surface area contributed by atoms with Crippen molar-refractivity contribution in [1.82, 2.24) is 40.4 Å². The third kappa shape index (κ3) is 7.65. The number of likely N-dealkylation sites (tertiary alicyclic amines) is 2. The van der Waals surface area contributed by atoms with Gasteiger partial charge < -0.3 is 49.3 Å². The molecule has 8 atom stereocenters. The molecular weight excluding hydrogens is 977 g/mol. The van der Waals surface area contributed by atoms with Crippen LogP contribution in [0, 0.1) is 22.7 Å². The van der Waals surface area contributed by atoms with Crippen LogP contribution in [0.4, 0.5) is 35.9 Å². The highest BCUT2D eigenvalue weighted by Crippen LogP contribution is 2.57. The Hall–Kier alpha value is -5.90. The lowest BCUT2D eigenvalue weighted by Crippen LogP contribution is -2.60. The first kappa shape index (κ1) is 47.8. The first-order valence-electron chi connectivity index (χ1n) is 22.4. The normalized spacial score (nSPS) is 23.8. The third-order valence-electron chi connectivity index (χ3n) is 14.9. The second kappa shape index (κ2) is 16.3. The molecule has 2 saturated heterocycles. The number of nitrogens with one attached hydrogen (secondary N) is 4. The van der Waals surface area contributed by atoms with Gasteiger partial charge in [0.1, 0.15) is 70.1 Å². The number of hydrogen-bond acceptors (Lipinski definition) is 10. The number of methoxy groups -OCH3 is 2. The van der Waals surface area contributed by atoms with Gasteiger partial charge in [-0.05, 0) is 89.5 Å². The summed E-state index contributed by atoms with van der Waals surface area (Å²) in [6.45, 7) is 3.56. The van der Waals surface area contributed by atoms with E-state index < -0.39 is 71.4 Å². The van der Waals surface area contributed by atoms with Gasteiger partial charge in [0, 0.05) is 45.5 Å². The summed E-state index contributed by atoms with van der Waals surface area (Å²) in [5.74, 6) is -0.275. The molecule has 2 aliphatic carbocycles. The standard InChI is InChI=1S/C46H46Cl2F6N8O8/c1-43(2,45(49,50)51)33(57-41(65)67-5)39(63)61-23-9-17(23)11-25(61)37-55-31(35(47)59-37)19-7-21-15-70-28-14-20(8-22-16-69-27(13-19)29(21)30(22)28)32-36(48)60-38(56-32)26-12-18-10-24(18)62(26)40(64)34(58-42(66)68-6)44(3,4)46(52,53)54/h7-8,13-14,17-18,23-26,33-34H,9-12,15-16H2,1-6H3,(H,55,59)(H,56,60)(H,57,65)(H,58,66)/t17-,18-,23-,24-,25-,26-,33+,34+/m0/s1. The highest BCUT2D eigenvalue weighted by atomic mass is 35.5. The van der Waals surface area contributed by atoms with E-state index in [1.807, 2.05) is 12.1 Å². The molecule has 70 heavy (non-hydrogen) atoms.